The molecule has 0 aliphatic heterocycles. The number of halogens is 2. The van der Waals surface area contributed by atoms with Crippen molar-refractivity contribution in [1.29, 1.82) is 0 Å². The van der Waals surface area contributed by atoms with Gasteiger partial charge in [-0.15, -0.1) is 0 Å². The summed E-state index contributed by atoms with van der Waals surface area (Å²) in [6, 6.07) is 15.1. The molecule has 0 radical (unpaired) electrons. The smallest absolute Gasteiger partial charge is 0.162 e. The van der Waals surface area contributed by atoms with Gasteiger partial charge in [0.05, 0.1) is 5.69 Å². The quantitative estimate of drug-likeness (QED) is 0.567. The van der Waals surface area contributed by atoms with Crippen LogP contribution in [0.15, 0.2) is 48.5 Å². The topological polar surface area (TPSA) is 32.9 Å². The first-order chi connectivity index (χ1) is 11.0. The van der Waals surface area contributed by atoms with E-state index >= 15 is 0 Å². The number of H-pyrrole nitrogens is 1. The van der Waals surface area contributed by atoms with Crippen LogP contribution < -0.4 is 0 Å². The zero-order chi connectivity index (χ0) is 16.6. The number of hydrogen-bond acceptors (Lipinski definition) is 1. The molecule has 0 fully saturated rings. The van der Waals surface area contributed by atoms with Crippen LogP contribution in [0.2, 0.25) is 10.0 Å². The lowest BCUT2D eigenvalue weighted by atomic mass is 9.95. The zero-order valence-corrected chi connectivity index (χ0v) is 14.3. The standard InChI is InChI=1S/C19H15Cl2NO/c1-11-17(12(2)23)18(13-3-7-15(20)8-4-13)19(22-11)14-5-9-16(21)10-6-14/h3-10,22H,1-2H3. The molecule has 0 saturated carbocycles. The molecule has 3 rings (SSSR count). The van der Waals surface area contributed by atoms with Gasteiger partial charge in [0, 0.05) is 26.9 Å². The van der Waals surface area contributed by atoms with E-state index in [1.54, 1.807) is 6.92 Å². The molecule has 0 unspecified atom stereocenters. The molecule has 1 aromatic heterocycles. The normalized spacial score (nSPS) is 10.8. The van der Waals surface area contributed by atoms with Gasteiger partial charge in [-0.1, -0.05) is 47.5 Å². The van der Waals surface area contributed by atoms with Crippen molar-refractivity contribution >= 4 is 29.0 Å². The lowest BCUT2D eigenvalue weighted by Crippen LogP contribution is -1.95. The number of hydrogen-bond donors (Lipinski definition) is 1. The number of carbonyl (C=O) groups is 1. The van der Waals surface area contributed by atoms with E-state index < -0.39 is 0 Å². The highest BCUT2D eigenvalue weighted by Crippen LogP contribution is 2.37. The van der Waals surface area contributed by atoms with Gasteiger partial charge in [-0.3, -0.25) is 4.79 Å². The van der Waals surface area contributed by atoms with Crippen molar-refractivity contribution in [2.75, 3.05) is 0 Å². The van der Waals surface area contributed by atoms with Crippen LogP contribution in [0.1, 0.15) is 23.0 Å². The van der Waals surface area contributed by atoms with Crippen LogP contribution in [-0.4, -0.2) is 10.8 Å². The van der Waals surface area contributed by atoms with E-state index in [0.29, 0.717) is 15.6 Å². The van der Waals surface area contributed by atoms with Crippen LogP contribution in [0.25, 0.3) is 22.4 Å². The minimum atomic E-state index is 0.0314. The van der Waals surface area contributed by atoms with Gasteiger partial charge in [-0.25, -0.2) is 0 Å². The van der Waals surface area contributed by atoms with Crippen LogP contribution in [0.5, 0.6) is 0 Å². The first-order valence-electron chi connectivity index (χ1n) is 7.22. The van der Waals surface area contributed by atoms with Crippen molar-refractivity contribution in [3.63, 3.8) is 0 Å². The molecule has 1 N–H and O–H groups in total. The van der Waals surface area contributed by atoms with Crippen molar-refractivity contribution in [3.05, 3.63) is 69.8 Å². The molecule has 2 aromatic carbocycles. The van der Waals surface area contributed by atoms with E-state index in [4.69, 9.17) is 23.2 Å². The first kappa shape index (κ1) is 15.9. The van der Waals surface area contributed by atoms with Crippen LogP contribution in [-0.2, 0) is 0 Å². The summed E-state index contributed by atoms with van der Waals surface area (Å²) >= 11 is 12.0. The second-order valence-electron chi connectivity index (χ2n) is 5.44. The molecule has 4 heteroatoms. The summed E-state index contributed by atoms with van der Waals surface area (Å²) in [4.78, 5) is 15.5. The average Bonchev–Trinajstić information content (AvgIpc) is 2.86. The maximum absolute atomic E-state index is 12.2. The molecule has 0 spiro atoms. The third-order valence-electron chi connectivity index (χ3n) is 3.81. The Hall–Kier alpha value is -2.03. The van der Waals surface area contributed by atoms with Crippen LogP contribution >= 0.6 is 23.2 Å². The third-order valence-corrected chi connectivity index (χ3v) is 4.31. The molecule has 1 heterocycles. The third kappa shape index (κ3) is 3.05. The van der Waals surface area contributed by atoms with Crippen LogP contribution in [0, 0.1) is 6.92 Å². The Bertz CT molecular complexity index is 862. The molecule has 2 nitrogen and oxygen atoms in total. The van der Waals surface area contributed by atoms with Crippen molar-refractivity contribution < 1.29 is 4.79 Å². The Kier molecular flexibility index (Phi) is 4.29. The fourth-order valence-electron chi connectivity index (χ4n) is 2.80. The van der Waals surface area contributed by atoms with E-state index in [2.05, 4.69) is 4.98 Å². The van der Waals surface area contributed by atoms with E-state index in [1.165, 1.54) is 0 Å². The predicted octanol–water partition coefficient (Wildman–Crippen LogP) is 6.17. The minimum Gasteiger partial charge on any atom is -0.357 e. The summed E-state index contributed by atoms with van der Waals surface area (Å²) in [5.41, 5.74) is 5.30. The molecule has 0 aliphatic rings. The maximum Gasteiger partial charge on any atom is 0.162 e. The Morgan fingerprint density at radius 3 is 1.83 bits per heavy atom. The lowest BCUT2D eigenvalue weighted by molar-refractivity contribution is 0.101. The van der Waals surface area contributed by atoms with E-state index in [0.717, 1.165) is 28.1 Å². The molecular formula is C19H15Cl2NO. The Balaban J connectivity index is 2.28. The van der Waals surface area contributed by atoms with Gasteiger partial charge in [-0.05, 0) is 49.2 Å². The molecule has 116 valence electrons. The van der Waals surface area contributed by atoms with E-state index in [9.17, 15) is 4.79 Å². The van der Waals surface area contributed by atoms with Crippen LogP contribution in [0.4, 0.5) is 0 Å². The van der Waals surface area contributed by atoms with E-state index in [1.807, 2.05) is 55.5 Å². The second kappa shape index (κ2) is 6.23. The number of aryl methyl sites for hydroxylation is 1. The molecule has 3 aromatic rings. The monoisotopic (exact) mass is 343 g/mol. The van der Waals surface area contributed by atoms with Crippen molar-refractivity contribution in [1.82, 2.24) is 4.98 Å². The highest BCUT2D eigenvalue weighted by atomic mass is 35.5. The van der Waals surface area contributed by atoms with Gasteiger partial charge in [0.2, 0.25) is 0 Å². The predicted molar refractivity (Wildman–Crippen MR) is 96.4 cm³/mol. The van der Waals surface area contributed by atoms with Crippen molar-refractivity contribution in [3.8, 4) is 22.4 Å². The van der Waals surface area contributed by atoms with E-state index in [-0.39, 0.29) is 5.78 Å². The summed E-state index contributed by atoms with van der Waals surface area (Å²) in [5, 5.41) is 1.34. The molecule has 23 heavy (non-hydrogen) atoms. The molecule has 0 aliphatic carbocycles. The number of nitrogens with one attached hydrogen (secondary N) is 1. The maximum atomic E-state index is 12.2. The molecule has 0 bridgehead atoms. The highest BCUT2D eigenvalue weighted by molar-refractivity contribution is 6.31. The molecular weight excluding hydrogens is 329 g/mol. The van der Waals surface area contributed by atoms with Gasteiger partial charge >= 0.3 is 0 Å². The van der Waals surface area contributed by atoms with Crippen molar-refractivity contribution in [2.24, 2.45) is 0 Å². The Morgan fingerprint density at radius 2 is 1.35 bits per heavy atom. The van der Waals surface area contributed by atoms with Gasteiger partial charge in [0.15, 0.2) is 5.78 Å². The van der Waals surface area contributed by atoms with Crippen molar-refractivity contribution in [2.45, 2.75) is 13.8 Å². The average molecular weight is 344 g/mol. The summed E-state index contributed by atoms with van der Waals surface area (Å²) in [6.07, 6.45) is 0. The second-order valence-corrected chi connectivity index (χ2v) is 6.32. The molecule has 0 atom stereocenters. The summed E-state index contributed by atoms with van der Waals surface area (Å²) in [5.74, 6) is 0.0314. The number of aromatic nitrogens is 1. The molecule has 0 amide bonds. The summed E-state index contributed by atoms with van der Waals surface area (Å²) in [7, 11) is 0. The Labute approximate surface area is 145 Å². The number of ketones is 1. The highest BCUT2D eigenvalue weighted by Gasteiger charge is 2.20. The van der Waals surface area contributed by atoms with Gasteiger partial charge < -0.3 is 4.98 Å². The fourth-order valence-corrected chi connectivity index (χ4v) is 3.06. The summed E-state index contributed by atoms with van der Waals surface area (Å²) in [6.45, 7) is 3.50. The number of benzene rings is 2. The summed E-state index contributed by atoms with van der Waals surface area (Å²) < 4.78 is 0. The number of Topliss-reactive ketones (excluding diaryl/α,β-unsaturated/α-hetero) is 1. The largest absolute Gasteiger partial charge is 0.357 e. The van der Waals surface area contributed by atoms with Gasteiger partial charge in [0.1, 0.15) is 0 Å². The van der Waals surface area contributed by atoms with Gasteiger partial charge in [0.25, 0.3) is 0 Å². The SMILES string of the molecule is CC(=O)c1c(C)[nH]c(-c2ccc(Cl)cc2)c1-c1ccc(Cl)cc1. The first-order valence-corrected chi connectivity index (χ1v) is 7.98. The zero-order valence-electron chi connectivity index (χ0n) is 12.8. The van der Waals surface area contributed by atoms with Gasteiger partial charge in [-0.2, -0.15) is 0 Å². The lowest BCUT2D eigenvalue weighted by Gasteiger charge is -2.08. The Morgan fingerprint density at radius 1 is 0.870 bits per heavy atom. The number of rotatable bonds is 3. The number of aromatic amines is 1. The van der Waals surface area contributed by atoms with Crippen LogP contribution in [0.3, 0.4) is 0 Å². The molecule has 0 saturated heterocycles. The number of carbonyl (C=O) groups excluding carboxylic acids is 1. The fraction of sp³-hybridized carbons (Fsp3) is 0.105. The minimum absolute atomic E-state index is 0.0314.